The van der Waals surface area contributed by atoms with Gasteiger partial charge in [-0.25, -0.2) is 8.42 Å². The van der Waals surface area contributed by atoms with Crippen LogP contribution in [0.5, 0.6) is 0 Å². The van der Waals surface area contributed by atoms with Crippen LogP contribution >= 0.6 is 23.2 Å². The molecule has 42 heavy (non-hydrogen) atoms. The first kappa shape index (κ1) is 33.4. The van der Waals surface area contributed by atoms with Crippen LogP contribution in [0.15, 0.2) is 65.6 Å². The van der Waals surface area contributed by atoms with Gasteiger partial charge >= 0.3 is 0 Å². The Labute approximate surface area is 259 Å². The number of hydrogen-bond donors (Lipinski definition) is 1. The first-order valence-corrected chi connectivity index (χ1v) is 16.2. The number of carbonyl (C=O) groups is 2. The van der Waals surface area contributed by atoms with E-state index in [9.17, 15) is 18.0 Å². The number of sulfonamides is 1. The Hall–Kier alpha value is -3.07. The lowest BCUT2D eigenvalue weighted by molar-refractivity contribution is -0.140. The fourth-order valence-electron chi connectivity index (χ4n) is 4.65. The third-order valence-electron chi connectivity index (χ3n) is 7.13. The smallest absolute Gasteiger partial charge is 0.264 e. The molecule has 0 radical (unpaired) electrons. The van der Waals surface area contributed by atoms with Crippen molar-refractivity contribution >= 4 is 50.7 Å². The maximum Gasteiger partial charge on any atom is 0.264 e. The van der Waals surface area contributed by atoms with Crippen molar-refractivity contribution in [3.05, 3.63) is 93.0 Å². The summed E-state index contributed by atoms with van der Waals surface area (Å²) in [5, 5.41) is 3.75. The van der Waals surface area contributed by atoms with Gasteiger partial charge in [-0.1, -0.05) is 66.9 Å². The molecule has 3 aromatic carbocycles. The van der Waals surface area contributed by atoms with Gasteiger partial charge in [0.25, 0.3) is 10.0 Å². The van der Waals surface area contributed by atoms with E-state index in [-0.39, 0.29) is 23.4 Å². The number of nitrogens with zero attached hydrogens (tertiary/aromatic N) is 2. The fraction of sp³-hybridized carbons (Fsp3) is 0.375. The maximum atomic E-state index is 14.2. The third-order valence-corrected chi connectivity index (χ3v) is 9.50. The van der Waals surface area contributed by atoms with Crippen molar-refractivity contribution in [3.63, 3.8) is 0 Å². The van der Waals surface area contributed by atoms with E-state index in [2.05, 4.69) is 5.32 Å². The molecular weight excluding hydrogens is 593 g/mol. The van der Waals surface area contributed by atoms with Crippen LogP contribution in [-0.4, -0.2) is 43.8 Å². The van der Waals surface area contributed by atoms with E-state index in [1.807, 2.05) is 47.6 Å². The molecule has 2 atom stereocenters. The Morgan fingerprint density at radius 2 is 1.48 bits per heavy atom. The summed E-state index contributed by atoms with van der Waals surface area (Å²) in [6.07, 6.45) is 1.03. The van der Waals surface area contributed by atoms with E-state index in [1.165, 1.54) is 17.0 Å². The molecule has 0 saturated heterocycles. The highest BCUT2D eigenvalue weighted by atomic mass is 35.5. The van der Waals surface area contributed by atoms with Crippen LogP contribution in [0.3, 0.4) is 0 Å². The Kier molecular flexibility index (Phi) is 11.5. The van der Waals surface area contributed by atoms with Crippen molar-refractivity contribution in [2.75, 3.05) is 10.8 Å². The monoisotopic (exact) mass is 631 g/mol. The van der Waals surface area contributed by atoms with E-state index in [0.717, 1.165) is 21.0 Å². The molecule has 226 valence electrons. The van der Waals surface area contributed by atoms with E-state index in [0.29, 0.717) is 34.1 Å². The number of aryl methyl sites for hydroxylation is 3. The second kappa shape index (κ2) is 14.4. The second-order valence-corrected chi connectivity index (χ2v) is 13.4. The highest BCUT2D eigenvalue weighted by Gasteiger charge is 2.34. The fourth-order valence-corrected chi connectivity index (χ4v) is 6.52. The molecule has 10 heteroatoms. The standard InChI is InChI=1S/C32H39Cl2N3O4S/c1-7-24(6)35-32(39)30(8-2)36(19-25-11-12-26(33)18-29(25)34)31(38)20-37(27-16-22(4)15-23(5)17-27)42(40,41)28-13-9-21(3)10-14-28/h9-18,24,30H,7-8,19-20H2,1-6H3,(H,35,39)/t24-,30+/m1/s1. The topological polar surface area (TPSA) is 86.8 Å². The maximum absolute atomic E-state index is 14.2. The van der Waals surface area contributed by atoms with Gasteiger partial charge in [0, 0.05) is 22.6 Å². The lowest BCUT2D eigenvalue weighted by Crippen LogP contribution is -2.53. The van der Waals surface area contributed by atoms with Gasteiger partial charge in [-0.3, -0.25) is 13.9 Å². The van der Waals surface area contributed by atoms with Gasteiger partial charge in [-0.05, 0) is 93.6 Å². The molecule has 0 fully saturated rings. The molecule has 2 amide bonds. The molecule has 3 rings (SSSR count). The zero-order valence-corrected chi connectivity index (χ0v) is 27.3. The summed E-state index contributed by atoms with van der Waals surface area (Å²) < 4.78 is 29.3. The predicted octanol–water partition coefficient (Wildman–Crippen LogP) is 6.84. The Bertz CT molecular complexity index is 1510. The minimum Gasteiger partial charge on any atom is -0.352 e. The quantitative estimate of drug-likeness (QED) is 0.237. The summed E-state index contributed by atoms with van der Waals surface area (Å²) in [5.41, 5.74) is 3.56. The predicted molar refractivity (Wildman–Crippen MR) is 171 cm³/mol. The summed E-state index contributed by atoms with van der Waals surface area (Å²) in [6, 6.07) is 15.9. The first-order valence-electron chi connectivity index (χ1n) is 14.0. The number of hydrogen-bond acceptors (Lipinski definition) is 4. The average Bonchev–Trinajstić information content (AvgIpc) is 2.92. The summed E-state index contributed by atoms with van der Waals surface area (Å²) in [7, 11) is -4.15. The minimum atomic E-state index is -4.15. The molecule has 3 aromatic rings. The van der Waals surface area contributed by atoms with Crippen molar-refractivity contribution in [1.82, 2.24) is 10.2 Å². The number of rotatable bonds is 12. The summed E-state index contributed by atoms with van der Waals surface area (Å²) in [5.74, 6) is -0.855. The Balaban J connectivity index is 2.12. The van der Waals surface area contributed by atoms with E-state index < -0.39 is 28.5 Å². The minimum absolute atomic E-state index is 0.00741. The first-order chi connectivity index (χ1) is 19.8. The van der Waals surface area contributed by atoms with Crippen molar-refractivity contribution in [3.8, 4) is 0 Å². The van der Waals surface area contributed by atoms with Crippen LogP contribution in [0, 0.1) is 20.8 Å². The Morgan fingerprint density at radius 1 is 0.857 bits per heavy atom. The van der Waals surface area contributed by atoms with E-state index >= 15 is 0 Å². The highest BCUT2D eigenvalue weighted by Crippen LogP contribution is 2.28. The number of carbonyl (C=O) groups excluding carboxylic acids is 2. The highest BCUT2D eigenvalue weighted by molar-refractivity contribution is 7.92. The van der Waals surface area contributed by atoms with Gasteiger partial charge in [0.1, 0.15) is 12.6 Å². The van der Waals surface area contributed by atoms with Crippen LogP contribution in [0.25, 0.3) is 0 Å². The third kappa shape index (κ3) is 8.27. The van der Waals surface area contributed by atoms with Crippen molar-refractivity contribution in [2.45, 2.75) is 77.9 Å². The molecule has 7 nitrogen and oxygen atoms in total. The van der Waals surface area contributed by atoms with E-state index in [4.69, 9.17) is 23.2 Å². The normalized spacial score (nSPS) is 12.9. The SMILES string of the molecule is CC[C@@H](C)NC(=O)[C@H](CC)N(Cc1ccc(Cl)cc1Cl)C(=O)CN(c1cc(C)cc(C)c1)S(=O)(=O)c1ccc(C)cc1. The molecule has 0 aliphatic rings. The van der Waals surface area contributed by atoms with Gasteiger partial charge in [0.15, 0.2) is 0 Å². The van der Waals surface area contributed by atoms with Crippen LogP contribution in [0.4, 0.5) is 5.69 Å². The molecule has 0 saturated carbocycles. The lowest BCUT2D eigenvalue weighted by atomic mass is 10.1. The summed E-state index contributed by atoms with van der Waals surface area (Å²) in [4.78, 5) is 29.1. The van der Waals surface area contributed by atoms with Gasteiger partial charge in [-0.15, -0.1) is 0 Å². The second-order valence-electron chi connectivity index (χ2n) is 10.7. The molecule has 0 spiro atoms. The van der Waals surface area contributed by atoms with Crippen molar-refractivity contribution in [2.24, 2.45) is 0 Å². The van der Waals surface area contributed by atoms with Gasteiger partial charge < -0.3 is 10.2 Å². The zero-order chi connectivity index (χ0) is 31.2. The van der Waals surface area contributed by atoms with Gasteiger partial charge in [0.2, 0.25) is 11.8 Å². The molecule has 0 unspecified atom stereocenters. The molecule has 1 N–H and O–H groups in total. The molecule has 0 heterocycles. The number of nitrogens with one attached hydrogen (secondary N) is 1. The molecule has 0 bridgehead atoms. The zero-order valence-electron chi connectivity index (χ0n) is 24.9. The summed E-state index contributed by atoms with van der Waals surface area (Å²) in [6.45, 7) is 10.8. The number of anilines is 1. The largest absolute Gasteiger partial charge is 0.352 e. The number of halogens is 2. The van der Waals surface area contributed by atoms with Crippen LogP contribution in [0.2, 0.25) is 10.0 Å². The van der Waals surface area contributed by atoms with Gasteiger partial charge in [0.05, 0.1) is 10.6 Å². The van der Waals surface area contributed by atoms with Gasteiger partial charge in [-0.2, -0.15) is 0 Å². The molecule has 0 aliphatic heterocycles. The summed E-state index contributed by atoms with van der Waals surface area (Å²) >= 11 is 12.6. The van der Waals surface area contributed by atoms with Crippen molar-refractivity contribution in [1.29, 1.82) is 0 Å². The molecular formula is C32H39Cl2N3O4S. The molecule has 0 aromatic heterocycles. The lowest BCUT2D eigenvalue weighted by Gasteiger charge is -2.34. The van der Waals surface area contributed by atoms with Crippen LogP contribution < -0.4 is 9.62 Å². The van der Waals surface area contributed by atoms with Crippen LogP contribution in [-0.2, 0) is 26.2 Å². The average molecular weight is 633 g/mol. The van der Waals surface area contributed by atoms with Crippen LogP contribution in [0.1, 0.15) is 55.9 Å². The number of amides is 2. The van der Waals surface area contributed by atoms with E-state index in [1.54, 1.807) is 42.5 Å². The Morgan fingerprint density at radius 3 is 2.02 bits per heavy atom. The number of benzene rings is 3. The van der Waals surface area contributed by atoms with Crippen molar-refractivity contribution < 1.29 is 18.0 Å². The molecule has 0 aliphatic carbocycles.